The van der Waals surface area contributed by atoms with E-state index in [1.54, 1.807) is 0 Å². The van der Waals surface area contributed by atoms with E-state index in [1.807, 2.05) is 0 Å². The highest BCUT2D eigenvalue weighted by atomic mass is 19.1. The first-order valence-electron chi connectivity index (χ1n) is 7.91. The number of halogens is 1. The molecule has 2 rings (SSSR count). The summed E-state index contributed by atoms with van der Waals surface area (Å²) in [4.78, 5) is 23.6. The molecule has 1 amide bonds. The van der Waals surface area contributed by atoms with E-state index in [0.29, 0.717) is 12.2 Å². The van der Waals surface area contributed by atoms with Crippen molar-refractivity contribution >= 4 is 11.9 Å². The van der Waals surface area contributed by atoms with Crippen molar-refractivity contribution in [3.8, 4) is 0 Å². The van der Waals surface area contributed by atoms with Crippen molar-refractivity contribution in [1.82, 2.24) is 5.32 Å². The highest BCUT2D eigenvalue weighted by Gasteiger charge is 2.36. The smallest absolute Gasteiger partial charge is 0.333 e. The van der Waals surface area contributed by atoms with E-state index in [1.165, 1.54) is 19.1 Å². The molecule has 0 spiro atoms. The van der Waals surface area contributed by atoms with E-state index < -0.39 is 23.2 Å². The largest absolute Gasteiger partial charge is 0.479 e. The van der Waals surface area contributed by atoms with Gasteiger partial charge in [-0.2, -0.15) is 0 Å². The van der Waals surface area contributed by atoms with Gasteiger partial charge in [0.05, 0.1) is 19.3 Å². The average Bonchev–Trinajstić information content (AvgIpc) is 3.05. The van der Waals surface area contributed by atoms with E-state index in [2.05, 4.69) is 5.32 Å². The Morgan fingerprint density at radius 3 is 2.71 bits per heavy atom. The van der Waals surface area contributed by atoms with Crippen LogP contribution in [0, 0.1) is 5.82 Å². The quantitative estimate of drug-likeness (QED) is 0.706. The van der Waals surface area contributed by atoms with Gasteiger partial charge >= 0.3 is 5.97 Å². The second kappa shape index (κ2) is 8.21. The highest BCUT2D eigenvalue weighted by molar-refractivity contribution is 5.87. The van der Waals surface area contributed by atoms with Gasteiger partial charge in [-0.3, -0.25) is 4.79 Å². The van der Waals surface area contributed by atoms with Gasteiger partial charge in [0.2, 0.25) is 5.91 Å². The van der Waals surface area contributed by atoms with Crippen molar-refractivity contribution in [2.45, 2.75) is 37.8 Å². The lowest BCUT2D eigenvalue weighted by Gasteiger charge is -2.27. The van der Waals surface area contributed by atoms with Crippen molar-refractivity contribution < 1.29 is 28.6 Å². The summed E-state index contributed by atoms with van der Waals surface area (Å²) in [5, 5.41) is 11.9. The van der Waals surface area contributed by atoms with Gasteiger partial charge in [-0.05, 0) is 37.5 Å². The van der Waals surface area contributed by atoms with Gasteiger partial charge in [0.25, 0.3) is 0 Å². The van der Waals surface area contributed by atoms with Gasteiger partial charge < -0.3 is 19.9 Å². The molecule has 2 atom stereocenters. The zero-order valence-corrected chi connectivity index (χ0v) is 13.6. The normalized spacial score (nSPS) is 19.7. The first-order valence-corrected chi connectivity index (χ1v) is 7.91. The predicted octanol–water partition coefficient (Wildman–Crippen LogP) is 1.83. The van der Waals surface area contributed by atoms with Crippen LogP contribution in [0.4, 0.5) is 4.39 Å². The molecular formula is C17H22FNO5. The summed E-state index contributed by atoms with van der Waals surface area (Å²) in [7, 11) is 0. The van der Waals surface area contributed by atoms with Crippen LogP contribution in [0.25, 0.3) is 0 Å². The maximum atomic E-state index is 13.0. The molecule has 0 saturated carbocycles. The molecule has 0 radical (unpaired) electrons. The Morgan fingerprint density at radius 1 is 1.42 bits per heavy atom. The summed E-state index contributed by atoms with van der Waals surface area (Å²) >= 11 is 0. The highest BCUT2D eigenvalue weighted by Crippen LogP contribution is 2.22. The molecule has 1 aliphatic heterocycles. The number of ether oxygens (including phenoxy) is 2. The summed E-state index contributed by atoms with van der Waals surface area (Å²) in [5.74, 6) is -2.14. The van der Waals surface area contributed by atoms with E-state index in [-0.39, 0.29) is 19.1 Å². The van der Waals surface area contributed by atoms with Crippen LogP contribution < -0.4 is 5.32 Å². The lowest BCUT2D eigenvalue weighted by molar-refractivity contribution is -0.147. The maximum Gasteiger partial charge on any atom is 0.333 e. The molecule has 7 heteroatoms. The summed E-state index contributed by atoms with van der Waals surface area (Å²) in [6.07, 6.45) is 2.09. The topological polar surface area (TPSA) is 84.9 Å². The minimum atomic E-state index is -1.63. The fourth-order valence-electron chi connectivity index (χ4n) is 2.53. The summed E-state index contributed by atoms with van der Waals surface area (Å²) in [6, 6.07) is 5.01. The monoisotopic (exact) mass is 339 g/mol. The molecule has 2 N–H and O–H groups in total. The van der Waals surface area contributed by atoms with Crippen LogP contribution >= 0.6 is 0 Å². The minimum Gasteiger partial charge on any atom is -0.479 e. The third-order valence-electron chi connectivity index (χ3n) is 4.04. The second-order valence-corrected chi connectivity index (χ2v) is 5.95. The van der Waals surface area contributed by atoms with E-state index in [4.69, 9.17) is 9.47 Å². The molecular weight excluding hydrogens is 317 g/mol. The van der Waals surface area contributed by atoms with Crippen molar-refractivity contribution in [2.75, 3.05) is 19.8 Å². The van der Waals surface area contributed by atoms with E-state index in [9.17, 15) is 19.1 Å². The Morgan fingerprint density at radius 2 is 2.12 bits per heavy atom. The van der Waals surface area contributed by atoms with Crippen molar-refractivity contribution in [3.63, 3.8) is 0 Å². The Balaban J connectivity index is 1.86. The fourth-order valence-corrected chi connectivity index (χ4v) is 2.53. The van der Waals surface area contributed by atoms with Crippen LogP contribution in [0.2, 0.25) is 0 Å². The molecule has 132 valence electrons. The molecule has 0 aliphatic carbocycles. The molecule has 0 aromatic heterocycles. The molecule has 6 nitrogen and oxygen atoms in total. The third-order valence-corrected chi connectivity index (χ3v) is 4.04. The van der Waals surface area contributed by atoms with Crippen LogP contribution in [-0.4, -0.2) is 42.9 Å². The molecule has 1 aliphatic rings. The first kappa shape index (κ1) is 18.4. The first-order chi connectivity index (χ1) is 11.4. The Labute approximate surface area is 139 Å². The average molecular weight is 339 g/mol. The molecule has 1 heterocycles. The summed E-state index contributed by atoms with van der Waals surface area (Å²) in [6.45, 7) is 2.73. The van der Waals surface area contributed by atoms with Crippen LogP contribution in [0.3, 0.4) is 0 Å². The Bertz CT molecular complexity index is 571. The molecule has 1 saturated heterocycles. The molecule has 1 fully saturated rings. The van der Waals surface area contributed by atoms with Gasteiger partial charge in [0.15, 0.2) is 5.54 Å². The number of hydrogen-bond donors (Lipinski definition) is 2. The van der Waals surface area contributed by atoms with E-state index in [0.717, 1.165) is 31.6 Å². The number of benzene rings is 1. The van der Waals surface area contributed by atoms with Crippen molar-refractivity contribution in [1.29, 1.82) is 0 Å². The van der Waals surface area contributed by atoms with Gasteiger partial charge in [-0.1, -0.05) is 12.1 Å². The Hall–Kier alpha value is -1.99. The van der Waals surface area contributed by atoms with E-state index >= 15 is 0 Å². The van der Waals surface area contributed by atoms with Crippen LogP contribution in [0.15, 0.2) is 24.3 Å². The third kappa shape index (κ3) is 4.75. The Kier molecular flexibility index (Phi) is 6.28. The number of aliphatic carboxylic acids is 1. The number of nitrogens with one attached hydrogen (secondary N) is 1. The lowest BCUT2D eigenvalue weighted by Crippen LogP contribution is -2.49. The lowest BCUT2D eigenvalue weighted by atomic mass is 9.92. The predicted molar refractivity (Wildman–Crippen MR) is 83.9 cm³/mol. The second-order valence-electron chi connectivity index (χ2n) is 5.95. The van der Waals surface area contributed by atoms with Gasteiger partial charge in [0, 0.05) is 13.0 Å². The fraction of sp³-hybridized carbons (Fsp3) is 0.529. The molecule has 24 heavy (non-hydrogen) atoms. The number of carboxylic acid groups (broad SMARTS) is 1. The van der Waals surface area contributed by atoms with Crippen LogP contribution in [0.5, 0.6) is 0 Å². The van der Waals surface area contributed by atoms with Crippen LogP contribution in [0.1, 0.15) is 31.7 Å². The molecule has 0 bridgehead atoms. The van der Waals surface area contributed by atoms with Crippen molar-refractivity contribution in [3.05, 3.63) is 35.6 Å². The standard InChI is InChI=1S/C17H22FNO5/c1-17(16(21)22,12-4-6-13(18)7-5-12)19-15(20)8-10-23-11-14-3-2-9-24-14/h4-7,14H,2-3,8-11H2,1H3,(H,19,20)(H,21,22). The zero-order valence-electron chi connectivity index (χ0n) is 13.6. The van der Waals surface area contributed by atoms with Gasteiger partial charge in [-0.25, -0.2) is 9.18 Å². The number of hydrogen-bond acceptors (Lipinski definition) is 4. The summed E-state index contributed by atoms with van der Waals surface area (Å²) in [5.41, 5.74) is -1.33. The van der Waals surface area contributed by atoms with Crippen LogP contribution in [-0.2, 0) is 24.6 Å². The number of carboxylic acids is 1. The number of rotatable bonds is 8. The molecule has 1 aromatic carbocycles. The number of amides is 1. The van der Waals surface area contributed by atoms with Crippen molar-refractivity contribution in [2.24, 2.45) is 0 Å². The zero-order chi connectivity index (χ0) is 17.6. The maximum absolute atomic E-state index is 13.0. The molecule has 2 unspecified atom stereocenters. The van der Waals surface area contributed by atoms with Gasteiger partial charge in [0.1, 0.15) is 5.82 Å². The SMILES string of the molecule is CC(NC(=O)CCOCC1CCCO1)(C(=O)O)c1ccc(F)cc1. The number of carbonyl (C=O) groups is 2. The molecule has 1 aromatic rings. The van der Waals surface area contributed by atoms with Gasteiger partial charge in [-0.15, -0.1) is 0 Å². The minimum absolute atomic E-state index is 0.0385. The number of carbonyl (C=O) groups excluding carboxylic acids is 1. The summed E-state index contributed by atoms with van der Waals surface area (Å²) < 4.78 is 23.8.